The number of hydrogen-bond acceptors (Lipinski definition) is 3. The van der Waals surface area contributed by atoms with Crippen molar-refractivity contribution in [3.8, 4) is 0 Å². The lowest BCUT2D eigenvalue weighted by atomic mass is 10.1. The highest BCUT2D eigenvalue weighted by Crippen LogP contribution is 2.21. The van der Waals surface area contributed by atoms with Gasteiger partial charge in [-0.15, -0.1) is 0 Å². The largest absolute Gasteiger partial charge is 0.320 e. The number of nitrogens with one attached hydrogen (secondary N) is 1. The molecule has 0 saturated carbocycles. The van der Waals surface area contributed by atoms with Crippen molar-refractivity contribution in [2.45, 2.75) is 18.9 Å². The van der Waals surface area contributed by atoms with Gasteiger partial charge in [0.15, 0.2) is 0 Å². The molecule has 0 bridgehead atoms. The Kier molecular flexibility index (Phi) is 1.81. The lowest BCUT2D eigenvalue weighted by Gasteiger charge is -2.16. The van der Waals surface area contributed by atoms with E-state index in [0.717, 1.165) is 17.8 Å². The molecule has 0 radical (unpaired) electrons. The molecule has 1 aliphatic rings. The molecule has 13 heavy (non-hydrogen) atoms. The van der Waals surface area contributed by atoms with Crippen LogP contribution in [0.1, 0.15) is 12.0 Å². The normalized spacial score (nSPS) is 22.8. The number of carbonyl (C=O) groups is 1. The quantitative estimate of drug-likeness (QED) is 0.572. The highest BCUT2D eigenvalue weighted by atomic mass is 16.2. The third kappa shape index (κ3) is 1.21. The average molecular weight is 180 g/mol. The minimum Gasteiger partial charge on any atom is -0.320 e. The number of aryl methyl sites for hydroxylation is 1. The van der Waals surface area contributed by atoms with Crippen molar-refractivity contribution in [3.63, 3.8) is 0 Å². The van der Waals surface area contributed by atoms with E-state index in [-0.39, 0.29) is 11.9 Å². The van der Waals surface area contributed by atoms with Gasteiger partial charge >= 0.3 is 0 Å². The van der Waals surface area contributed by atoms with Crippen molar-refractivity contribution in [2.24, 2.45) is 5.73 Å². The summed E-state index contributed by atoms with van der Waals surface area (Å²) in [6.45, 7) is 0. The highest BCUT2D eigenvalue weighted by Gasteiger charge is 2.26. The molecule has 1 atom stereocenters. The molecule has 2 heterocycles. The Labute approximate surface area is 75.9 Å². The molecule has 0 spiro atoms. The number of amides is 1. The maximum Gasteiger partial charge on any atom is 0.244 e. The van der Waals surface area contributed by atoms with Gasteiger partial charge in [-0.25, -0.2) is 0 Å². The van der Waals surface area contributed by atoms with E-state index in [1.165, 1.54) is 0 Å². The molecule has 5 nitrogen and oxygen atoms in total. The Balaban J connectivity index is 2.40. The molecule has 0 fully saturated rings. The molecule has 3 N–H and O–H groups in total. The van der Waals surface area contributed by atoms with Crippen LogP contribution in [0.5, 0.6) is 0 Å². The van der Waals surface area contributed by atoms with E-state index < -0.39 is 0 Å². The van der Waals surface area contributed by atoms with E-state index in [2.05, 4.69) is 10.2 Å². The molecular formula is C8H12N4O. The van der Waals surface area contributed by atoms with Crippen LogP contribution in [0.25, 0.3) is 0 Å². The second-order valence-corrected chi connectivity index (χ2v) is 3.29. The number of hydrogen-bond donors (Lipinski definition) is 2. The smallest absolute Gasteiger partial charge is 0.244 e. The van der Waals surface area contributed by atoms with Gasteiger partial charge in [-0.3, -0.25) is 14.8 Å². The molecule has 1 unspecified atom stereocenters. The summed E-state index contributed by atoms with van der Waals surface area (Å²) in [7, 11) is 1.71. The fraction of sp³-hybridized carbons (Fsp3) is 0.500. The zero-order chi connectivity index (χ0) is 9.42. The predicted octanol–water partition coefficient (Wildman–Crippen LogP) is -0.354. The second kappa shape index (κ2) is 2.85. The maximum absolute atomic E-state index is 11.6. The monoisotopic (exact) mass is 180 g/mol. The minimum absolute atomic E-state index is 0.0528. The van der Waals surface area contributed by atoms with Crippen LogP contribution >= 0.6 is 0 Å². The van der Waals surface area contributed by atoms with E-state index in [1.807, 2.05) is 0 Å². The summed E-state index contributed by atoms with van der Waals surface area (Å²) >= 11 is 0. The van der Waals surface area contributed by atoms with Crippen LogP contribution in [0.4, 0.5) is 5.82 Å². The molecule has 1 aromatic heterocycles. The standard InChI is InChI=1S/C8H12N4O/c1-12-7-5(4-10-11-7)2-3-6(9)8(12)13/h4,6H,2-3,9H2,1H3,(H,10,11). The fourth-order valence-corrected chi connectivity index (χ4v) is 1.57. The number of aromatic nitrogens is 2. The van der Waals surface area contributed by atoms with Gasteiger partial charge in [0.25, 0.3) is 0 Å². The first-order valence-electron chi connectivity index (χ1n) is 4.25. The number of nitrogens with zero attached hydrogens (tertiary/aromatic N) is 2. The molecule has 70 valence electrons. The fourth-order valence-electron chi connectivity index (χ4n) is 1.57. The SMILES string of the molecule is CN1C(=O)C(N)CCc2cn[nH]c21. The number of rotatable bonds is 0. The molecule has 5 heteroatoms. The van der Waals surface area contributed by atoms with Crippen molar-refractivity contribution in [1.29, 1.82) is 0 Å². The summed E-state index contributed by atoms with van der Waals surface area (Å²) in [5, 5.41) is 6.69. The number of likely N-dealkylation sites (N-methyl/N-ethyl adjacent to an activating group) is 1. The van der Waals surface area contributed by atoms with Gasteiger partial charge in [-0.2, -0.15) is 5.10 Å². The highest BCUT2D eigenvalue weighted by molar-refractivity contribution is 5.96. The summed E-state index contributed by atoms with van der Waals surface area (Å²) in [4.78, 5) is 13.1. The van der Waals surface area contributed by atoms with E-state index in [9.17, 15) is 4.79 Å². The minimum atomic E-state index is -0.384. The van der Waals surface area contributed by atoms with Crippen LogP contribution < -0.4 is 10.6 Å². The van der Waals surface area contributed by atoms with Gasteiger partial charge in [-0.05, 0) is 12.8 Å². The number of nitrogens with two attached hydrogens (primary N) is 1. The van der Waals surface area contributed by atoms with Crippen molar-refractivity contribution in [2.75, 3.05) is 11.9 Å². The van der Waals surface area contributed by atoms with Gasteiger partial charge in [-0.1, -0.05) is 0 Å². The zero-order valence-corrected chi connectivity index (χ0v) is 7.45. The van der Waals surface area contributed by atoms with E-state index in [4.69, 9.17) is 5.73 Å². The topological polar surface area (TPSA) is 75.0 Å². The summed E-state index contributed by atoms with van der Waals surface area (Å²) in [5.41, 5.74) is 6.74. The molecule has 1 amide bonds. The Bertz CT molecular complexity index is 333. The van der Waals surface area contributed by atoms with Crippen LogP contribution in [0.2, 0.25) is 0 Å². The van der Waals surface area contributed by atoms with E-state index in [1.54, 1.807) is 18.1 Å². The van der Waals surface area contributed by atoms with Gasteiger partial charge in [0.1, 0.15) is 5.82 Å². The van der Waals surface area contributed by atoms with Crippen molar-refractivity contribution in [3.05, 3.63) is 11.8 Å². The summed E-state index contributed by atoms with van der Waals surface area (Å²) < 4.78 is 0. The summed E-state index contributed by atoms with van der Waals surface area (Å²) in [5.74, 6) is 0.723. The van der Waals surface area contributed by atoms with Gasteiger partial charge in [0.2, 0.25) is 5.91 Å². The third-order valence-corrected chi connectivity index (χ3v) is 2.40. The van der Waals surface area contributed by atoms with Crippen LogP contribution in [0.15, 0.2) is 6.20 Å². The number of carbonyl (C=O) groups excluding carboxylic acids is 1. The first-order valence-corrected chi connectivity index (χ1v) is 4.25. The molecular weight excluding hydrogens is 168 g/mol. The number of H-pyrrole nitrogens is 1. The number of fused-ring (bicyclic) bond motifs is 1. The van der Waals surface area contributed by atoms with Crippen molar-refractivity contribution < 1.29 is 4.79 Å². The first kappa shape index (κ1) is 8.25. The Morgan fingerprint density at radius 3 is 3.31 bits per heavy atom. The Morgan fingerprint density at radius 1 is 1.77 bits per heavy atom. The lowest BCUT2D eigenvalue weighted by Crippen LogP contribution is -2.40. The van der Waals surface area contributed by atoms with Crippen LogP contribution in [-0.2, 0) is 11.2 Å². The number of anilines is 1. The second-order valence-electron chi connectivity index (χ2n) is 3.29. The molecule has 0 aromatic carbocycles. The number of aromatic amines is 1. The Morgan fingerprint density at radius 2 is 2.54 bits per heavy atom. The maximum atomic E-state index is 11.6. The summed E-state index contributed by atoms with van der Waals surface area (Å²) in [6.07, 6.45) is 3.25. The molecule has 0 aliphatic carbocycles. The van der Waals surface area contributed by atoms with Gasteiger partial charge < -0.3 is 5.73 Å². The molecule has 0 saturated heterocycles. The lowest BCUT2D eigenvalue weighted by molar-refractivity contribution is -0.119. The van der Waals surface area contributed by atoms with Crippen molar-refractivity contribution >= 4 is 11.7 Å². The van der Waals surface area contributed by atoms with Gasteiger partial charge in [0.05, 0.1) is 12.2 Å². The molecule has 2 rings (SSSR count). The van der Waals surface area contributed by atoms with E-state index in [0.29, 0.717) is 6.42 Å². The Hall–Kier alpha value is -1.36. The van der Waals surface area contributed by atoms with Crippen molar-refractivity contribution in [1.82, 2.24) is 10.2 Å². The van der Waals surface area contributed by atoms with Gasteiger partial charge in [0, 0.05) is 12.6 Å². The molecule has 1 aliphatic heterocycles. The van der Waals surface area contributed by atoms with Crippen LogP contribution in [0, 0.1) is 0 Å². The summed E-state index contributed by atoms with van der Waals surface area (Å²) in [6, 6.07) is -0.384. The first-order chi connectivity index (χ1) is 6.20. The van der Waals surface area contributed by atoms with E-state index >= 15 is 0 Å². The van der Waals surface area contributed by atoms with Crippen LogP contribution in [-0.4, -0.2) is 29.2 Å². The molecule has 1 aromatic rings. The average Bonchev–Trinajstić information content (AvgIpc) is 2.56. The predicted molar refractivity (Wildman–Crippen MR) is 48.3 cm³/mol. The van der Waals surface area contributed by atoms with Crippen LogP contribution in [0.3, 0.4) is 0 Å². The third-order valence-electron chi connectivity index (χ3n) is 2.40. The zero-order valence-electron chi connectivity index (χ0n) is 7.45.